The Bertz CT molecular complexity index is 576. The highest BCUT2D eigenvalue weighted by molar-refractivity contribution is 7.89. The van der Waals surface area contributed by atoms with Crippen LogP contribution >= 0.6 is 0 Å². The number of H-pyrrole nitrogens is 1. The largest absolute Gasteiger partial charge is 0.282 e. The van der Waals surface area contributed by atoms with Crippen LogP contribution in [0.5, 0.6) is 0 Å². The molecule has 5 nitrogen and oxygen atoms in total. The Balaban J connectivity index is 1.66. The first-order chi connectivity index (χ1) is 10.6. The van der Waals surface area contributed by atoms with Gasteiger partial charge in [0.05, 0.1) is 12.4 Å². The Morgan fingerprint density at radius 3 is 2.82 bits per heavy atom. The Morgan fingerprint density at radius 2 is 2.09 bits per heavy atom. The van der Waals surface area contributed by atoms with Gasteiger partial charge in [0.25, 0.3) is 0 Å². The first kappa shape index (κ1) is 15.9. The van der Waals surface area contributed by atoms with Crippen molar-refractivity contribution in [3.05, 3.63) is 18.0 Å². The topological polar surface area (TPSA) is 66.1 Å². The van der Waals surface area contributed by atoms with Crippen LogP contribution in [0.25, 0.3) is 0 Å². The zero-order valence-corrected chi connectivity index (χ0v) is 13.6. The summed E-state index contributed by atoms with van der Waals surface area (Å²) in [6.07, 6.45) is 6.16. The second-order valence-electron chi connectivity index (χ2n) is 6.59. The molecule has 3 rings (SSSR count). The maximum atomic E-state index is 13.0. The first-order valence-electron chi connectivity index (χ1n) is 8.13. The lowest BCUT2D eigenvalue weighted by molar-refractivity contribution is 0.292. The summed E-state index contributed by atoms with van der Waals surface area (Å²) in [4.78, 5) is 0. The Morgan fingerprint density at radius 1 is 1.27 bits per heavy atom. The number of alkyl halides is 1. The molecular formula is C15H24FN3O2S. The van der Waals surface area contributed by atoms with E-state index in [1.165, 1.54) is 0 Å². The molecule has 1 N–H and O–H groups in total. The van der Waals surface area contributed by atoms with E-state index in [4.69, 9.17) is 0 Å². The van der Waals surface area contributed by atoms with Crippen LogP contribution in [-0.4, -0.2) is 48.4 Å². The first-order valence-corrected chi connectivity index (χ1v) is 9.74. The SMILES string of the molecule is O=S(=O)(C[C@@H]1CCC[C@H]1CF)N1CCCC(c2ccn[nH]2)C1. The fourth-order valence-electron chi connectivity index (χ4n) is 3.86. The number of nitrogens with one attached hydrogen (secondary N) is 1. The van der Waals surface area contributed by atoms with Crippen LogP contribution in [0, 0.1) is 11.8 Å². The standard InChI is InChI=1S/C15H24FN3O2S/c16-9-12-3-1-4-14(12)11-22(20,21)19-8-2-5-13(10-19)15-6-7-17-18-15/h6-7,12-14H,1-5,8-11H2,(H,17,18)/t12-,13?,14-/m0/s1. The maximum absolute atomic E-state index is 13.0. The minimum absolute atomic E-state index is 0.0115. The number of aromatic amines is 1. The van der Waals surface area contributed by atoms with Crippen LogP contribution in [0.2, 0.25) is 0 Å². The van der Waals surface area contributed by atoms with Crippen LogP contribution in [0.3, 0.4) is 0 Å². The third-order valence-electron chi connectivity index (χ3n) is 5.18. The van der Waals surface area contributed by atoms with Crippen molar-refractivity contribution >= 4 is 10.0 Å². The lowest BCUT2D eigenvalue weighted by atomic mass is 9.96. The average Bonchev–Trinajstić information content (AvgIpc) is 3.18. The van der Waals surface area contributed by atoms with Crippen molar-refractivity contribution in [3.63, 3.8) is 0 Å². The molecule has 3 atom stereocenters. The van der Waals surface area contributed by atoms with Gasteiger partial charge in [0.2, 0.25) is 10.0 Å². The van der Waals surface area contributed by atoms with Crippen LogP contribution in [0.15, 0.2) is 12.3 Å². The van der Waals surface area contributed by atoms with E-state index in [9.17, 15) is 12.8 Å². The molecule has 0 aromatic carbocycles. The number of hydrogen-bond acceptors (Lipinski definition) is 3. The minimum atomic E-state index is -3.30. The van der Waals surface area contributed by atoms with Crippen LogP contribution in [-0.2, 0) is 10.0 Å². The summed E-state index contributed by atoms with van der Waals surface area (Å²) in [7, 11) is -3.30. The van der Waals surface area contributed by atoms with Gasteiger partial charge in [0.15, 0.2) is 0 Å². The van der Waals surface area contributed by atoms with Gasteiger partial charge in [0.1, 0.15) is 0 Å². The quantitative estimate of drug-likeness (QED) is 0.901. The summed E-state index contributed by atoms with van der Waals surface area (Å²) in [5.41, 5.74) is 1.00. The molecule has 0 bridgehead atoms. The normalized spacial score (nSPS) is 30.7. The number of halogens is 1. The molecular weight excluding hydrogens is 305 g/mol. The summed E-state index contributed by atoms with van der Waals surface area (Å²) in [6.45, 7) is 0.703. The molecule has 1 aliphatic carbocycles. The molecule has 1 unspecified atom stereocenters. The van der Waals surface area contributed by atoms with Gasteiger partial charge in [-0.3, -0.25) is 9.49 Å². The molecule has 1 aliphatic heterocycles. The maximum Gasteiger partial charge on any atom is 0.214 e. The highest BCUT2D eigenvalue weighted by Crippen LogP contribution is 2.35. The smallest absolute Gasteiger partial charge is 0.214 e. The second-order valence-corrected chi connectivity index (χ2v) is 8.61. The van der Waals surface area contributed by atoms with E-state index in [0.717, 1.165) is 37.8 Å². The fourth-order valence-corrected chi connectivity index (χ4v) is 5.86. The Labute approximate surface area is 131 Å². The third kappa shape index (κ3) is 3.35. The number of rotatable bonds is 5. The number of hydrogen-bond donors (Lipinski definition) is 1. The van der Waals surface area contributed by atoms with Gasteiger partial charge in [-0.25, -0.2) is 12.7 Å². The van der Waals surface area contributed by atoms with Crippen LogP contribution < -0.4 is 0 Å². The number of aromatic nitrogens is 2. The van der Waals surface area contributed by atoms with Crippen molar-refractivity contribution in [2.45, 2.75) is 38.0 Å². The van der Waals surface area contributed by atoms with Crippen molar-refractivity contribution in [1.29, 1.82) is 0 Å². The van der Waals surface area contributed by atoms with E-state index in [2.05, 4.69) is 10.2 Å². The zero-order chi connectivity index (χ0) is 15.6. The Kier molecular flexibility index (Phi) is 4.82. The van der Waals surface area contributed by atoms with Gasteiger partial charge in [-0.15, -0.1) is 0 Å². The number of nitrogens with zero attached hydrogens (tertiary/aromatic N) is 2. The second kappa shape index (κ2) is 6.66. The number of sulfonamides is 1. The lowest BCUT2D eigenvalue weighted by Crippen LogP contribution is -2.42. The van der Waals surface area contributed by atoms with Gasteiger partial charge in [-0.05, 0) is 43.6 Å². The molecule has 22 heavy (non-hydrogen) atoms. The fraction of sp³-hybridized carbons (Fsp3) is 0.800. The molecule has 124 valence electrons. The van der Waals surface area contributed by atoms with Gasteiger partial charge in [-0.2, -0.15) is 5.10 Å². The predicted molar refractivity (Wildman–Crippen MR) is 82.7 cm³/mol. The molecule has 7 heteroatoms. The summed E-state index contributed by atoms with van der Waals surface area (Å²) >= 11 is 0. The zero-order valence-electron chi connectivity index (χ0n) is 12.7. The average molecular weight is 329 g/mol. The monoisotopic (exact) mass is 329 g/mol. The van der Waals surface area contributed by atoms with E-state index in [1.54, 1.807) is 10.5 Å². The van der Waals surface area contributed by atoms with Crippen LogP contribution in [0.1, 0.15) is 43.7 Å². The van der Waals surface area contributed by atoms with E-state index < -0.39 is 16.7 Å². The summed E-state index contributed by atoms with van der Waals surface area (Å²) in [6, 6.07) is 1.91. The van der Waals surface area contributed by atoms with Crippen molar-refractivity contribution in [3.8, 4) is 0 Å². The van der Waals surface area contributed by atoms with E-state index in [1.807, 2.05) is 6.07 Å². The predicted octanol–water partition coefficient (Wildman–Crippen LogP) is 2.30. The van der Waals surface area contributed by atoms with Crippen molar-refractivity contribution in [2.75, 3.05) is 25.5 Å². The van der Waals surface area contributed by atoms with Gasteiger partial charge < -0.3 is 0 Å². The number of piperidine rings is 1. The highest BCUT2D eigenvalue weighted by atomic mass is 32.2. The molecule has 0 spiro atoms. The van der Waals surface area contributed by atoms with E-state index >= 15 is 0 Å². The molecule has 2 heterocycles. The van der Waals surface area contributed by atoms with Gasteiger partial charge in [0, 0.05) is 30.9 Å². The lowest BCUT2D eigenvalue weighted by Gasteiger charge is -2.32. The highest BCUT2D eigenvalue weighted by Gasteiger charge is 2.36. The van der Waals surface area contributed by atoms with Crippen molar-refractivity contribution < 1.29 is 12.8 Å². The molecule has 1 saturated heterocycles. The molecule has 1 aromatic rings. The van der Waals surface area contributed by atoms with E-state index in [-0.39, 0.29) is 23.5 Å². The summed E-state index contributed by atoms with van der Waals surface area (Å²) in [5.74, 6) is 0.217. The Hall–Kier alpha value is -0.950. The summed E-state index contributed by atoms with van der Waals surface area (Å²) in [5, 5.41) is 6.90. The van der Waals surface area contributed by atoms with Gasteiger partial charge >= 0.3 is 0 Å². The van der Waals surface area contributed by atoms with Crippen molar-refractivity contribution in [1.82, 2.24) is 14.5 Å². The molecule has 1 aromatic heterocycles. The molecule has 2 fully saturated rings. The molecule has 1 saturated carbocycles. The van der Waals surface area contributed by atoms with Crippen molar-refractivity contribution in [2.24, 2.45) is 11.8 Å². The van der Waals surface area contributed by atoms with Gasteiger partial charge in [-0.1, -0.05) is 6.42 Å². The van der Waals surface area contributed by atoms with E-state index in [0.29, 0.717) is 13.1 Å². The minimum Gasteiger partial charge on any atom is -0.282 e. The summed E-state index contributed by atoms with van der Waals surface area (Å²) < 4.78 is 40.0. The third-order valence-corrected chi connectivity index (χ3v) is 7.15. The van der Waals surface area contributed by atoms with Crippen LogP contribution in [0.4, 0.5) is 4.39 Å². The molecule has 2 aliphatic rings. The molecule has 0 amide bonds. The molecule has 0 radical (unpaired) electrons.